The number of thiocarbonyl (C=S) groups is 1. The highest BCUT2D eigenvalue weighted by Crippen LogP contribution is 2.15. The molecular weight excluding hydrogens is 216 g/mol. The van der Waals surface area contributed by atoms with Gasteiger partial charge in [-0.05, 0) is 42.3 Å². The van der Waals surface area contributed by atoms with E-state index in [9.17, 15) is 5.11 Å². The molecule has 0 saturated heterocycles. The molecular formula is C14H12OS. The average molecular weight is 228 g/mol. The van der Waals surface area contributed by atoms with Gasteiger partial charge in [0.05, 0.1) is 4.86 Å². The van der Waals surface area contributed by atoms with Crippen LogP contribution < -0.4 is 0 Å². The van der Waals surface area contributed by atoms with E-state index < -0.39 is 0 Å². The van der Waals surface area contributed by atoms with Gasteiger partial charge in [-0.2, -0.15) is 0 Å². The summed E-state index contributed by atoms with van der Waals surface area (Å²) in [6, 6.07) is 15.1. The molecule has 2 heteroatoms. The number of benzene rings is 2. The monoisotopic (exact) mass is 228 g/mol. The van der Waals surface area contributed by atoms with E-state index in [1.807, 2.05) is 43.3 Å². The van der Waals surface area contributed by atoms with Crippen molar-refractivity contribution in [3.05, 3.63) is 65.2 Å². The number of rotatable bonds is 2. The van der Waals surface area contributed by atoms with Gasteiger partial charge >= 0.3 is 0 Å². The average Bonchev–Trinajstić information content (AvgIpc) is 2.30. The third kappa shape index (κ3) is 2.28. The summed E-state index contributed by atoms with van der Waals surface area (Å²) in [5, 5.41) is 9.20. The van der Waals surface area contributed by atoms with Gasteiger partial charge in [-0.15, -0.1) is 0 Å². The van der Waals surface area contributed by atoms with Gasteiger partial charge in [-0.25, -0.2) is 0 Å². The molecule has 0 fully saturated rings. The third-order valence-electron chi connectivity index (χ3n) is 2.44. The Morgan fingerprint density at radius 2 is 1.31 bits per heavy atom. The van der Waals surface area contributed by atoms with E-state index >= 15 is 0 Å². The molecule has 1 nitrogen and oxygen atoms in total. The van der Waals surface area contributed by atoms with E-state index in [1.165, 1.54) is 5.56 Å². The van der Waals surface area contributed by atoms with Crippen LogP contribution >= 0.6 is 12.2 Å². The van der Waals surface area contributed by atoms with Crippen molar-refractivity contribution in [1.82, 2.24) is 0 Å². The summed E-state index contributed by atoms with van der Waals surface area (Å²) in [5.41, 5.74) is 3.21. The third-order valence-corrected chi connectivity index (χ3v) is 2.91. The van der Waals surface area contributed by atoms with Gasteiger partial charge in [-0.3, -0.25) is 0 Å². The molecule has 2 aromatic carbocycles. The molecule has 80 valence electrons. The standard InChI is InChI=1S/C14H12OS/c1-10-2-4-11(5-3-10)14(16)12-6-8-13(15)9-7-12/h2-9,15H,1H3. The van der Waals surface area contributed by atoms with Crippen LogP contribution in [0.4, 0.5) is 0 Å². The number of hydrogen-bond acceptors (Lipinski definition) is 2. The van der Waals surface area contributed by atoms with Crippen molar-refractivity contribution in [2.24, 2.45) is 0 Å². The molecule has 0 aromatic heterocycles. The van der Waals surface area contributed by atoms with Crippen LogP contribution in [0.25, 0.3) is 0 Å². The van der Waals surface area contributed by atoms with Crippen LogP contribution in [0.5, 0.6) is 5.75 Å². The molecule has 0 unspecified atom stereocenters. The van der Waals surface area contributed by atoms with E-state index in [4.69, 9.17) is 12.2 Å². The van der Waals surface area contributed by atoms with Crippen molar-refractivity contribution in [1.29, 1.82) is 0 Å². The quantitative estimate of drug-likeness (QED) is 0.627. The summed E-state index contributed by atoms with van der Waals surface area (Å²) < 4.78 is 0. The van der Waals surface area contributed by atoms with Crippen molar-refractivity contribution in [3.63, 3.8) is 0 Å². The van der Waals surface area contributed by atoms with Gasteiger partial charge in [0.1, 0.15) is 5.75 Å². The summed E-state index contributed by atoms with van der Waals surface area (Å²) in [5.74, 6) is 0.260. The van der Waals surface area contributed by atoms with Crippen LogP contribution in [0.3, 0.4) is 0 Å². The second-order valence-corrected chi connectivity index (χ2v) is 4.15. The summed E-state index contributed by atoms with van der Waals surface area (Å²) in [7, 11) is 0. The first-order valence-electron chi connectivity index (χ1n) is 5.07. The first-order chi connectivity index (χ1) is 7.66. The highest BCUT2D eigenvalue weighted by molar-refractivity contribution is 7.81. The van der Waals surface area contributed by atoms with E-state index in [0.29, 0.717) is 0 Å². The predicted octanol–water partition coefficient (Wildman–Crippen LogP) is 3.47. The summed E-state index contributed by atoms with van der Waals surface area (Å²) >= 11 is 5.39. The minimum absolute atomic E-state index is 0.260. The lowest BCUT2D eigenvalue weighted by Gasteiger charge is -2.04. The molecule has 2 rings (SSSR count). The first-order valence-corrected chi connectivity index (χ1v) is 5.48. The zero-order chi connectivity index (χ0) is 11.5. The van der Waals surface area contributed by atoms with E-state index in [1.54, 1.807) is 12.1 Å². The Bertz CT molecular complexity index is 450. The molecule has 0 spiro atoms. The van der Waals surface area contributed by atoms with Gasteiger partial charge in [0.15, 0.2) is 0 Å². The Kier molecular flexibility index (Phi) is 3.02. The van der Waals surface area contributed by atoms with Gasteiger partial charge in [0.2, 0.25) is 0 Å². The van der Waals surface area contributed by atoms with Crippen molar-refractivity contribution in [2.75, 3.05) is 0 Å². The number of phenols is 1. The van der Waals surface area contributed by atoms with Gasteiger partial charge in [0, 0.05) is 0 Å². The predicted molar refractivity (Wildman–Crippen MR) is 70.1 cm³/mol. The van der Waals surface area contributed by atoms with Crippen molar-refractivity contribution >= 4 is 17.1 Å². The fourth-order valence-electron chi connectivity index (χ4n) is 1.48. The Balaban J connectivity index is 2.32. The lowest BCUT2D eigenvalue weighted by molar-refractivity contribution is 0.475. The highest BCUT2D eigenvalue weighted by Gasteiger charge is 2.03. The molecule has 0 heterocycles. The first kappa shape index (κ1) is 10.8. The molecule has 1 N–H and O–H groups in total. The second kappa shape index (κ2) is 4.45. The lowest BCUT2D eigenvalue weighted by Crippen LogP contribution is -1.98. The van der Waals surface area contributed by atoms with Crippen LogP contribution in [0, 0.1) is 6.92 Å². The minimum Gasteiger partial charge on any atom is -0.508 e. The molecule has 0 saturated carbocycles. The number of aryl methyl sites for hydroxylation is 1. The maximum absolute atomic E-state index is 9.20. The molecule has 0 aliphatic heterocycles. The molecule has 2 aromatic rings. The minimum atomic E-state index is 0.260. The van der Waals surface area contributed by atoms with Crippen LogP contribution in [0.15, 0.2) is 48.5 Å². The second-order valence-electron chi connectivity index (χ2n) is 3.74. The van der Waals surface area contributed by atoms with Crippen molar-refractivity contribution in [3.8, 4) is 5.75 Å². The van der Waals surface area contributed by atoms with Crippen LogP contribution in [0.2, 0.25) is 0 Å². The largest absolute Gasteiger partial charge is 0.508 e. The molecule has 0 bridgehead atoms. The van der Waals surface area contributed by atoms with Gasteiger partial charge in [-0.1, -0.05) is 42.0 Å². The molecule has 16 heavy (non-hydrogen) atoms. The fraction of sp³-hybridized carbons (Fsp3) is 0.0714. The number of phenolic OH excluding ortho intramolecular Hbond substituents is 1. The molecule has 0 radical (unpaired) electrons. The van der Waals surface area contributed by atoms with Crippen LogP contribution in [-0.2, 0) is 0 Å². The van der Waals surface area contributed by atoms with Crippen molar-refractivity contribution in [2.45, 2.75) is 6.92 Å². The maximum atomic E-state index is 9.20. The van der Waals surface area contributed by atoms with E-state index in [-0.39, 0.29) is 5.75 Å². The normalized spacial score (nSPS) is 10.1. The van der Waals surface area contributed by atoms with Crippen molar-refractivity contribution < 1.29 is 5.11 Å². The van der Waals surface area contributed by atoms with Gasteiger partial charge < -0.3 is 5.11 Å². The molecule has 0 atom stereocenters. The maximum Gasteiger partial charge on any atom is 0.115 e. The zero-order valence-electron chi connectivity index (χ0n) is 8.97. The van der Waals surface area contributed by atoms with Gasteiger partial charge in [0.25, 0.3) is 0 Å². The summed E-state index contributed by atoms with van der Waals surface area (Å²) in [6.07, 6.45) is 0. The Morgan fingerprint density at radius 3 is 1.81 bits per heavy atom. The van der Waals surface area contributed by atoms with Crippen LogP contribution in [0.1, 0.15) is 16.7 Å². The molecule has 0 aliphatic rings. The summed E-state index contributed by atoms with van der Waals surface area (Å²) in [4.78, 5) is 0.806. The SMILES string of the molecule is Cc1ccc(C(=S)c2ccc(O)cc2)cc1. The summed E-state index contributed by atoms with van der Waals surface area (Å²) in [6.45, 7) is 2.05. The number of aromatic hydroxyl groups is 1. The van der Waals surface area contributed by atoms with Crippen LogP contribution in [-0.4, -0.2) is 9.97 Å². The number of hydrogen-bond donors (Lipinski definition) is 1. The Morgan fingerprint density at radius 1 is 0.875 bits per heavy atom. The van der Waals surface area contributed by atoms with E-state index in [2.05, 4.69) is 0 Å². The Hall–Kier alpha value is -1.67. The molecule has 0 aliphatic carbocycles. The lowest BCUT2D eigenvalue weighted by atomic mass is 10.0. The smallest absolute Gasteiger partial charge is 0.115 e. The topological polar surface area (TPSA) is 20.2 Å². The van der Waals surface area contributed by atoms with E-state index in [0.717, 1.165) is 16.0 Å². The Labute approximate surface area is 100 Å². The fourth-order valence-corrected chi connectivity index (χ4v) is 1.76. The highest BCUT2D eigenvalue weighted by atomic mass is 32.1. The zero-order valence-corrected chi connectivity index (χ0v) is 9.79. The molecule has 0 amide bonds.